The summed E-state index contributed by atoms with van der Waals surface area (Å²) in [4.78, 5) is 11.9. The maximum atomic E-state index is 11.9. The van der Waals surface area contributed by atoms with Gasteiger partial charge >= 0.3 is 0 Å². The van der Waals surface area contributed by atoms with Crippen molar-refractivity contribution in [1.29, 1.82) is 0 Å². The number of ether oxygens (including phenoxy) is 1. The number of hydrogen-bond donors (Lipinski definition) is 2. The van der Waals surface area contributed by atoms with Crippen molar-refractivity contribution < 1.29 is 14.6 Å². The molecule has 1 atom stereocenters. The first-order chi connectivity index (χ1) is 9.69. The molecule has 0 saturated heterocycles. The average molecular weight is 291 g/mol. The fraction of sp³-hybridized carbons (Fsp3) is 0.267. The zero-order chi connectivity index (χ0) is 14.4. The Balaban J connectivity index is 1.86. The van der Waals surface area contributed by atoms with Gasteiger partial charge in [0.1, 0.15) is 5.75 Å². The Morgan fingerprint density at radius 3 is 2.95 bits per heavy atom. The molecule has 2 aromatic rings. The van der Waals surface area contributed by atoms with E-state index in [9.17, 15) is 4.79 Å². The van der Waals surface area contributed by atoms with E-state index in [0.29, 0.717) is 12.3 Å². The van der Waals surface area contributed by atoms with Gasteiger partial charge in [0.2, 0.25) is 0 Å². The normalized spacial score (nSPS) is 11.9. The molecule has 1 heterocycles. The molecule has 1 aromatic heterocycles. The molecule has 4 nitrogen and oxygen atoms in total. The minimum Gasteiger partial charge on any atom is -0.481 e. The second kappa shape index (κ2) is 7.07. The first-order valence-corrected chi connectivity index (χ1v) is 7.28. The molecule has 5 heteroatoms. The van der Waals surface area contributed by atoms with E-state index in [1.54, 1.807) is 42.5 Å². The third kappa shape index (κ3) is 4.08. The molecule has 1 unspecified atom stereocenters. The van der Waals surface area contributed by atoms with Crippen LogP contribution >= 0.6 is 11.3 Å². The molecule has 20 heavy (non-hydrogen) atoms. The number of hydrogen-bond acceptors (Lipinski definition) is 4. The van der Waals surface area contributed by atoms with Crippen molar-refractivity contribution in [2.75, 3.05) is 0 Å². The Labute approximate surface area is 122 Å². The summed E-state index contributed by atoms with van der Waals surface area (Å²) < 4.78 is 5.57. The van der Waals surface area contributed by atoms with Crippen LogP contribution in [-0.4, -0.2) is 17.1 Å². The van der Waals surface area contributed by atoms with Gasteiger partial charge in [-0.15, -0.1) is 0 Å². The number of nitrogens with one attached hydrogen (secondary N) is 1. The number of aliphatic hydroxyl groups is 1. The summed E-state index contributed by atoms with van der Waals surface area (Å²) in [6, 6.07) is 9.05. The third-order valence-corrected chi connectivity index (χ3v) is 3.54. The number of amides is 1. The summed E-state index contributed by atoms with van der Waals surface area (Å²) >= 11 is 1.60. The minimum absolute atomic E-state index is 0.0457. The van der Waals surface area contributed by atoms with Crippen LogP contribution in [0.15, 0.2) is 41.1 Å². The Kier molecular flexibility index (Phi) is 5.15. The fourth-order valence-corrected chi connectivity index (χ4v) is 2.37. The van der Waals surface area contributed by atoms with Crippen LogP contribution < -0.4 is 10.1 Å². The van der Waals surface area contributed by atoms with Gasteiger partial charge in [0, 0.05) is 6.54 Å². The minimum atomic E-state index is -0.581. The van der Waals surface area contributed by atoms with E-state index < -0.39 is 6.10 Å². The van der Waals surface area contributed by atoms with Crippen LogP contribution in [0.5, 0.6) is 5.75 Å². The highest BCUT2D eigenvalue weighted by atomic mass is 32.1. The van der Waals surface area contributed by atoms with Crippen molar-refractivity contribution in [2.24, 2.45) is 0 Å². The highest BCUT2D eigenvalue weighted by Gasteiger charge is 2.14. The second-order valence-corrected chi connectivity index (χ2v) is 5.20. The molecule has 0 bridgehead atoms. The summed E-state index contributed by atoms with van der Waals surface area (Å²) in [5.41, 5.74) is 1.84. The molecular formula is C15H17NO3S. The predicted molar refractivity (Wildman–Crippen MR) is 78.6 cm³/mol. The summed E-state index contributed by atoms with van der Waals surface area (Å²) in [7, 11) is 0. The maximum absolute atomic E-state index is 11.9. The Bertz CT molecular complexity index is 554. The molecule has 0 aliphatic carbocycles. The van der Waals surface area contributed by atoms with Crippen LogP contribution in [0.4, 0.5) is 0 Å². The zero-order valence-electron chi connectivity index (χ0n) is 11.2. The van der Waals surface area contributed by atoms with E-state index in [0.717, 1.165) is 11.1 Å². The van der Waals surface area contributed by atoms with Gasteiger partial charge in [0.25, 0.3) is 5.91 Å². The lowest BCUT2D eigenvalue weighted by molar-refractivity contribution is -0.127. The van der Waals surface area contributed by atoms with Crippen molar-refractivity contribution in [3.63, 3.8) is 0 Å². The van der Waals surface area contributed by atoms with Crippen molar-refractivity contribution in [3.05, 3.63) is 52.2 Å². The quantitative estimate of drug-likeness (QED) is 0.858. The van der Waals surface area contributed by atoms with E-state index in [2.05, 4.69) is 5.32 Å². The topological polar surface area (TPSA) is 58.6 Å². The van der Waals surface area contributed by atoms with E-state index in [4.69, 9.17) is 9.84 Å². The number of rotatable bonds is 6. The van der Waals surface area contributed by atoms with Crippen molar-refractivity contribution in [2.45, 2.75) is 26.2 Å². The summed E-state index contributed by atoms with van der Waals surface area (Å²) in [6.07, 6.45) is -0.581. The lowest BCUT2D eigenvalue weighted by atomic mass is 10.2. The van der Waals surface area contributed by atoms with E-state index >= 15 is 0 Å². The van der Waals surface area contributed by atoms with E-state index in [1.165, 1.54) is 0 Å². The molecule has 2 rings (SSSR count). The number of aliphatic hydroxyl groups excluding tert-OH is 1. The van der Waals surface area contributed by atoms with Gasteiger partial charge in [-0.1, -0.05) is 12.1 Å². The summed E-state index contributed by atoms with van der Waals surface area (Å²) in [6.45, 7) is 2.16. The number of carbonyl (C=O) groups excluding carboxylic acids is 1. The molecule has 0 radical (unpaired) electrons. The molecular weight excluding hydrogens is 274 g/mol. The highest BCUT2D eigenvalue weighted by molar-refractivity contribution is 7.07. The van der Waals surface area contributed by atoms with Gasteiger partial charge in [-0.2, -0.15) is 11.3 Å². The molecule has 1 aromatic carbocycles. The van der Waals surface area contributed by atoms with Gasteiger partial charge in [0.05, 0.1) is 6.61 Å². The Morgan fingerprint density at radius 1 is 1.40 bits per heavy atom. The van der Waals surface area contributed by atoms with Crippen LogP contribution in [0.3, 0.4) is 0 Å². The second-order valence-electron chi connectivity index (χ2n) is 4.42. The Morgan fingerprint density at radius 2 is 2.25 bits per heavy atom. The first kappa shape index (κ1) is 14.6. The van der Waals surface area contributed by atoms with Gasteiger partial charge in [0.15, 0.2) is 6.10 Å². The van der Waals surface area contributed by atoms with Crippen LogP contribution in [0.25, 0.3) is 0 Å². The van der Waals surface area contributed by atoms with Crippen molar-refractivity contribution in [1.82, 2.24) is 5.32 Å². The van der Waals surface area contributed by atoms with Gasteiger partial charge in [-0.05, 0) is 47.0 Å². The zero-order valence-corrected chi connectivity index (χ0v) is 12.0. The molecule has 0 fully saturated rings. The molecule has 0 saturated carbocycles. The van der Waals surface area contributed by atoms with Crippen LogP contribution in [0.2, 0.25) is 0 Å². The largest absolute Gasteiger partial charge is 0.481 e. The maximum Gasteiger partial charge on any atom is 0.261 e. The molecule has 1 amide bonds. The van der Waals surface area contributed by atoms with Crippen molar-refractivity contribution in [3.8, 4) is 5.75 Å². The molecule has 2 N–H and O–H groups in total. The summed E-state index contributed by atoms with van der Waals surface area (Å²) in [5.74, 6) is 0.417. The van der Waals surface area contributed by atoms with Gasteiger partial charge < -0.3 is 15.2 Å². The third-order valence-electron chi connectivity index (χ3n) is 2.81. The van der Waals surface area contributed by atoms with Crippen molar-refractivity contribution >= 4 is 17.2 Å². The molecule has 0 aliphatic rings. The van der Waals surface area contributed by atoms with Crippen LogP contribution in [-0.2, 0) is 17.9 Å². The predicted octanol–water partition coefficient (Wildman–Crippen LogP) is 2.32. The fourth-order valence-electron chi connectivity index (χ4n) is 1.70. The number of carbonyl (C=O) groups is 1. The van der Waals surface area contributed by atoms with Crippen LogP contribution in [0.1, 0.15) is 18.1 Å². The molecule has 0 spiro atoms. The highest BCUT2D eigenvalue weighted by Crippen LogP contribution is 2.15. The van der Waals surface area contributed by atoms with Gasteiger partial charge in [-0.3, -0.25) is 4.79 Å². The van der Waals surface area contributed by atoms with E-state index in [1.807, 2.05) is 16.8 Å². The Hall–Kier alpha value is -1.85. The van der Waals surface area contributed by atoms with E-state index in [-0.39, 0.29) is 12.5 Å². The van der Waals surface area contributed by atoms with Crippen LogP contribution in [0, 0.1) is 0 Å². The lowest BCUT2D eigenvalue weighted by Crippen LogP contribution is -2.35. The summed E-state index contributed by atoms with van der Waals surface area (Å²) in [5, 5.41) is 15.9. The first-order valence-electron chi connectivity index (χ1n) is 6.34. The lowest BCUT2D eigenvalue weighted by Gasteiger charge is -2.15. The number of thiophene rings is 1. The molecule has 0 aliphatic heterocycles. The standard InChI is InChI=1S/C15H17NO3S/c1-11(15(18)16-8-13-5-6-20-10-13)19-14-4-2-3-12(7-14)9-17/h2-7,10-11,17H,8-9H2,1H3,(H,16,18). The monoisotopic (exact) mass is 291 g/mol. The smallest absolute Gasteiger partial charge is 0.261 e. The van der Waals surface area contributed by atoms with Gasteiger partial charge in [-0.25, -0.2) is 0 Å². The number of benzene rings is 1. The SMILES string of the molecule is CC(Oc1cccc(CO)c1)C(=O)NCc1ccsc1. The average Bonchev–Trinajstić information content (AvgIpc) is 2.98. The molecule has 106 valence electrons.